The molecule has 0 atom stereocenters. The number of nitrogens with zero attached hydrogens (tertiary/aromatic N) is 2. The van der Waals surface area contributed by atoms with Crippen LogP contribution in [0.25, 0.3) is 110 Å². The van der Waals surface area contributed by atoms with Crippen LogP contribution < -0.4 is 9.80 Å². The lowest BCUT2D eigenvalue weighted by molar-refractivity contribution is 0.662. The van der Waals surface area contributed by atoms with Gasteiger partial charge in [-0.25, -0.2) is 0 Å². The van der Waals surface area contributed by atoms with Gasteiger partial charge < -0.3 is 31.9 Å². The van der Waals surface area contributed by atoms with Gasteiger partial charge in [0.2, 0.25) is 0 Å². The first-order valence-corrected chi connectivity index (χ1v) is 22.4. The van der Waals surface area contributed by atoms with Crippen molar-refractivity contribution in [2.45, 2.75) is 0 Å². The molecule has 0 amide bonds. The summed E-state index contributed by atoms with van der Waals surface area (Å²) in [6.45, 7) is 0. The molecule has 7 heteroatoms. The first-order chi connectivity index (χ1) is 33.1. The molecule has 7 nitrogen and oxygen atoms in total. The van der Waals surface area contributed by atoms with Gasteiger partial charge in [-0.3, -0.25) is 0 Å². The van der Waals surface area contributed by atoms with E-state index in [0.717, 1.165) is 144 Å². The molecular weight excluding hydrogens is 829 g/mol. The number of hydrogen-bond acceptors (Lipinski definition) is 7. The molecule has 314 valence electrons. The first-order valence-electron chi connectivity index (χ1n) is 22.4. The number of rotatable bonds is 6. The third-order valence-electron chi connectivity index (χ3n) is 13.4. The van der Waals surface area contributed by atoms with Crippen molar-refractivity contribution >= 4 is 144 Å². The van der Waals surface area contributed by atoms with Crippen molar-refractivity contribution < 1.29 is 22.1 Å². The highest BCUT2D eigenvalue weighted by Gasteiger charge is 2.22. The Labute approximate surface area is 380 Å². The van der Waals surface area contributed by atoms with Gasteiger partial charge in [-0.05, 0) is 109 Å². The van der Waals surface area contributed by atoms with Crippen LogP contribution in [0, 0.1) is 0 Å². The minimum absolute atomic E-state index is 0.785. The van der Waals surface area contributed by atoms with E-state index in [-0.39, 0.29) is 0 Å². The third kappa shape index (κ3) is 5.46. The molecule has 67 heavy (non-hydrogen) atoms. The maximum absolute atomic E-state index is 6.71. The van der Waals surface area contributed by atoms with Gasteiger partial charge in [0.05, 0.1) is 0 Å². The Morgan fingerprint density at radius 1 is 0.179 bits per heavy atom. The number of anilines is 6. The average molecular weight is 863 g/mol. The van der Waals surface area contributed by atoms with E-state index in [9.17, 15) is 0 Å². The number of para-hydroxylation sites is 4. The molecule has 0 saturated heterocycles. The second kappa shape index (κ2) is 13.7. The average Bonchev–Trinajstić information content (AvgIpc) is 4.19. The maximum Gasteiger partial charge on any atom is 0.137 e. The van der Waals surface area contributed by atoms with Crippen molar-refractivity contribution in [3.8, 4) is 0 Å². The molecule has 5 heterocycles. The Bertz CT molecular complexity index is 4190. The standard InChI is InChI=1S/C60H34N2O5/c1-3-11-35(12-4-1)61(37-19-23-43-41-15-7-9-17-51(41)63-53(43)27-37)39-21-25-45-47-31-59-49(33-57(47)65-55(45)29-39)50-34-58-48(32-60(50)67-59)46-26-22-40(30-56(46)66-58)62(36-13-5-2-6-14-36)38-20-24-44-42-16-8-10-18-52(42)64-54(44)28-38/h1-34H. The van der Waals surface area contributed by atoms with Crippen LogP contribution >= 0.6 is 0 Å². The predicted octanol–water partition coefficient (Wildman–Crippen LogP) is 18.1. The molecule has 0 aliphatic heterocycles. The SMILES string of the molecule is c1ccc(N(c2ccc3c(c2)oc2ccccc23)c2ccc3c(c2)oc2cc4c(cc23)oc2cc3c(cc24)oc2cc(N(c4ccccc4)c4ccc5c(c4)oc4ccccc45)ccc23)cc1. The van der Waals surface area contributed by atoms with Crippen LogP contribution in [0.1, 0.15) is 0 Å². The zero-order valence-corrected chi connectivity index (χ0v) is 35.6. The highest BCUT2D eigenvalue weighted by molar-refractivity contribution is 6.19. The van der Waals surface area contributed by atoms with E-state index in [4.69, 9.17) is 22.1 Å². The molecule has 0 aliphatic carbocycles. The van der Waals surface area contributed by atoms with Crippen LogP contribution in [0.5, 0.6) is 0 Å². The second-order valence-corrected chi connectivity index (χ2v) is 17.3. The summed E-state index contributed by atoms with van der Waals surface area (Å²) in [6.07, 6.45) is 0. The number of benzene rings is 10. The van der Waals surface area contributed by atoms with E-state index >= 15 is 0 Å². The third-order valence-corrected chi connectivity index (χ3v) is 13.4. The van der Waals surface area contributed by atoms with E-state index < -0.39 is 0 Å². The van der Waals surface area contributed by atoms with E-state index in [2.05, 4.69) is 168 Å². The number of fused-ring (bicyclic) bond motifs is 15. The van der Waals surface area contributed by atoms with Crippen LogP contribution in [0.15, 0.2) is 228 Å². The van der Waals surface area contributed by atoms with Crippen LogP contribution in [0.4, 0.5) is 34.1 Å². The normalized spacial score (nSPS) is 12.2. The van der Waals surface area contributed by atoms with Gasteiger partial charge in [0.25, 0.3) is 0 Å². The van der Waals surface area contributed by atoms with Gasteiger partial charge in [-0.1, -0.05) is 72.8 Å². The Balaban J connectivity index is 0.823. The molecule has 5 aromatic heterocycles. The van der Waals surface area contributed by atoms with Crippen LogP contribution in [-0.4, -0.2) is 0 Å². The summed E-state index contributed by atoms with van der Waals surface area (Å²) in [7, 11) is 0. The van der Waals surface area contributed by atoms with E-state index in [0.29, 0.717) is 0 Å². The van der Waals surface area contributed by atoms with E-state index in [1.165, 1.54) is 0 Å². The molecular formula is C60H34N2O5. The lowest BCUT2D eigenvalue weighted by Crippen LogP contribution is -2.09. The maximum atomic E-state index is 6.71. The molecule has 15 rings (SSSR count). The highest BCUT2D eigenvalue weighted by Crippen LogP contribution is 2.45. The van der Waals surface area contributed by atoms with Gasteiger partial charge in [-0.15, -0.1) is 0 Å². The molecule has 0 fully saturated rings. The van der Waals surface area contributed by atoms with Crippen LogP contribution in [0.2, 0.25) is 0 Å². The van der Waals surface area contributed by atoms with Crippen LogP contribution in [0.3, 0.4) is 0 Å². The smallest absolute Gasteiger partial charge is 0.137 e. The molecule has 0 N–H and O–H groups in total. The topological polar surface area (TPSA) is 72.2 Å². The van der Waals surface area contributed by atoms with E-state index in [1.807, 2.05) is 48.5 Å². The van der Waals surface area contributed by atoms with Crippen LogP contribution in [-0.2, 0) is 0 Å². The summed E-state index contributed by atoms with van der Waals surface area (Å²) < 4.78 is 32.7. The van der Waals surface area contributed by atoms with Crippen molar-refractivity contribution in [3.05, 3.63) is 206 Å². The van der Waals surface area contributed by atoms with Crippen molar-refractivity contribution in [3.63, 3.8) is 0 Å². The van der Waals surface area contributed by atoms with E-state index in [1.54, 1.807) is 0 Å². The van der Waals surface area contributed by atoms with Gasteiger partial charge in [-0.2, -0.15) is 0 Å². The molecule has 0 radical (unpaired) electrons. The summed E-state index contributed by atoms with van der Waals surface area (Å²) in [5.41, 5.74) is 14.1. The summed E-state index contributed by atoms with van der Waals surface area (Å²) in [6, 6.07) is 71.2. The van der Waals surface area contributed by atoms with Crippen molar-refractivity contribution in [2.75, 3.05) is 9.80 Å². The van der Waals surface area contributed by atoms with Crippen molar-refractivity contribution in [1.82, 2.24) is 0 Å². The quantitative estimate of drug-likeness (QED) is 0.165. The summed E-state index contributed by atoms with van der Waals surface area (Å²) in [5.74, 6) is 0. The molecule has 0 spiro atoms. The summed E-state index contributed by atoms with van der Waals surface area (Å²) >= 11 is 0. The molecule has 0 saturated carbocycles. The van der Waals surface area contributed by atoms with Gasteiger partial charge in [0.15, 0.2) is 0 Å². The predicted molar refractivity (Wildman–Crippen MR) is 272 cm³/mol. The Hall–Kier alpha value is -9.20. The summed E-state index contributed by atoms with van der Waals surface area (Å²) in [5, 5.41) is 10.3. The molecule has 0 aliphatic rings. The largest absolute Gasteiger partial charge is 0.456 e. The monoisotopic (exact) mass is 862 g/mol. The van der Waals surface area contributed by atoms with Gasteiger partial charge >= 0.3 is 0 Å². The molecule has 10 aromatic carbocycles. The summed E-state index contributed by atoms with van der Waals surface area (Å²) in [4.78, 5) is 4.47. The Morgan fingerprint density at radius 3 is 0.791 bits per heavy atom. The van der Waals surface area contributed by atoms with Crippen molar-refractivity contribution in [1.29, 1.82) is 0 Å². The lowest BCUT2D eigenvalue weighted by atomic mass is 10.1. The highest BCUT2D eigenvalue weighted by atomic mass is 16.3. The zero-order chi connectivity index (χ0) is 43.7. The number of furan rings is 5. The number of hydrogen-bond donors (Lipinski definition) is 0. The fourth-order valence-corrected chi connectivity index (χ4v) is 10.3. The second-order valence-electron chi connectivity index (χ2n) is 17.3. The van der Waals surface area contributed by atoms with Gasteiger partial charge in [0.1, 0.15) is 55.8 Å². The Morgan fingerprint density at radius 2 is 0.433 bits per heavy atom. The molecule has 0 unspecified atom stereocenters. The van der Waals surface area contributed by atoms with Crippen molar-refractivity contribution in [2.24, 2.45) is 0 Å². The Kier molecular flexibility index (Phi) is 7.37. The zero-order valence-electron chi connectivity index (χ0n) is 35.6. The fourth-order valence-electron chi connectivity index (χ4n) is 10.3. The molecule has 0 bridgehead atoms. The van der Waals surface area contributed by atoms with Gasteiger partial charge in [0, 0.05) is 112 Å². The first kappa shape index (κ1) is 36.2. The minimum Gasteiger partial charge on any atom is -0.456 e. The molecule has 15 aromatic rings. The lowest BCUT2D eigenvalue weighted by Gasteiger charge is -2.25. The fraction of sp³-hybridized carbons (Fsp3) is 0. The minimum atomic E-state index is 0.785.